The van der Waals surface area contributed by atoms with E-state index >= 15 is 0 Å². The molecule has 0 aliphatic carbocycles. The molecule has 1 aromatic carbocycles. The van der Waals surface area contributed by atoms with Gasteiger partial charge in [-0.15, -0.1) is 0 Å². The Balaban J connectivity index is 2.10. The summed E-state index contributed by atoms with van der Waals surface area (Å²) in [6, 6.07) is 4.28. The van der Waals surface area contributed by atoms with Gasteiger partial charge in [0.2, 0.25) is 0 Å². The van der Waals surface area contributed by atoms with Crippen LogP contribution in [-0.4, -0.2) is 51.5 Å². The van der Waals surface area contributed by atoms with E-state index in [1.54, 1.807) is 17.0 Å². The normalized spacial score (nSPS) is 24.9. The number of halogens is 1. The number of benzene rings is 1. The molecule has 1 saturated heterocycles. The van der Waals surface area contributed by atoms with Crippen LogP contribution < -0.4 is 5.73 Å². The van der Waals surface area contributed by atoms with Gasteiger partial charge in [0.05, 0.1) is 12.2 Å². The van der Waals surface area contributed by atoms with Crippen LogP contribution in [0.4, 0.5) is 4.39 Å². The lowest BCUT2D eigenvalue weighted by atomic mass is 10.1. The molecule has 0 aromatic heterocycles. The van der Waals surface area contributed by atoms with Crippen molar-refractivity contribution in [3.63, 3.8) is 0 Å². The molecule has 1 aliphatic rings. The molecule has 7 heteroatoms. The first kappa shape index (κ1) is 13.7. The maximum atomic E-state index is 13.9. The number of hydrogen-bond donors (Lipinski definition) is 4. The van der Waals surface area contributed by atoms with Crippen molar-refractivity contribution in [1.29, 1.82) is 0 Å². The van der Waals surface area contributed by atoms with Crippen LogP contribution in [-0.2, 0) is 6.54 Å². The molecule has 6 nitrogen and oxygen atoms in total. The number of aliphatic hydroxyl groups is 2. The fourth-order valence-electron chi connectivity index (χ4n) is 2.11. The lowest BCUT2D eigenvalue weighted by Crippen LogP contribution is -2.22. The molecule has 2 unspecified atom stereocenters. The van der Waals surface area contributed by atoms with E-state index in [-0.39, 0.29) is 12.4 Å². The molecule has 0 saturated carbocycles. The molecule has 0 radical (unpaired) electrons. The summed E-state index contributed by atoms with van der Waals surface area (Å²) < 4.78 is 13.9. The van der Waals surface area contributed by atoms with Crippen molar-refractivity contribution >= 4 is 5.84 Å². The van der Waals surface area contributed by atoms with Gasteiger partial charge in [-0.05, 0) is 6.07 Å². The number of rotatable bonds is 3. The molecule has 0 bridgehead atoms. The quantitative estimate of drug-likeness (QED) is 0.255. The maximum absolute atomic E-state index is 13.9. The first-order valence-electron chi connectivity index (χ1n) is 5.86. The predicted octanol–water partition coefficient (Wildman–Crippen LogP) is -0.542. The van der Waals surface area contributed by atoms with Crippen LogP contribution in [0, 0.1) is 5.82 Å². The van der Waals surface area contributed by atoms with Gasteiger partial charge < -0.3 is 21.2 Å². The zero-order valence-corrected chi connectivity index (χ0v) is 10.2. The number of amidine groups is 1. The summed E-state index contributed by atoms with van der Waals surface area (Å²) in [5.41, 5.74) is 6.09. The molecule has 19 heavy (non-hydrogen) atoms. The largest absolute Gasteiger partial charge is 0.409 e. The first-order chi connectivity index (χ1) is 9.01. The van der Waals surface area contributed by atoms with Gasteiger partial charge in [-0.3, -0.25) is 4.90 Å². The summed E-state index contributed by atoms with van der Waals surface area (Å²) in [5.74, 6) is -0.627. The Morgan fingerprint density at radius 1 is 1.37 bits per heavy atom. The third-order valence-electron chi connectivity index (χ3n) is 3.19. The Morgan fingerprint density at radius 2 is 2.00 bits per heavy atom. The minimum absolute atomic E-state index is 0.155. The molecular weight excluding hydrogens is 253 g/mol. The summed E-state index contributed by atoms with van der Waals surface area (Å²) in [7, 11) is 0. The third kappa shape index (κ3) is 3.01. The second kappa shape index (κ2) is 5.52. The van der Waals surface area contributed by atoms with E-state index in [2.05, 4.69) is 5.16 Å². The minimum atomic E-state index is -0.792. The predicted molar refractivity (Wildman–Crippen MR) is 66.2 cm³/mol. The van der Waals surface area contributed by atoms with Crippen molar-refractivity contribution in [3.8, 4) is 0 Å². The lowest BCUT2D eigenvalue weighted by molar-refractivity contribution is 0.0572. The Kier molecular flexibility index (Phi) is 3.98. The fraction of sp³-hybridized carbons (Fsp3) is 0.417. The highest BCUT2D eigenvalue weighted by molar-refractivity contribution is 5.97. The zero-order chi connectivity index (χ0) is 14.0. The van der Waals surface area contributed by atoms with E-state index in [4.69, 9.17) is 10.9 Å². The average molecular weight is 269 g/mol. The van der Waals surface area contributed by atoms with Crippen LogP contribution in [0.25, 0.3) is 0 Å². The highest BCUT2D eigenvalue weighted by Gasteiger charge is 2.29. The topological polar surface area (TPSA) is 102 Å². The van der Waals surface area contributed by atoms with E-state index < -0.39 is 18.0 Å². The van der Waals surface area contributed by atoms with Crippen LogP contribution in [0.5, 0.6) is 0 Å². The molecule has 5 N–H and O–H groups in total. The SMILES string of the molecule is N/C(=N/O)c1ccc(CN2CC(O)C(O)C2)c(F)c1. The second-order valence-corrected chi connectivity index (χ2v) is 4.62. The molecule has 1 fully saturated rings. The number of nitrogens with zero attached hydrogens (tertiary/aromatic N) is 2. The Labute approximate surface area is 109 Å². The summed E-state index contributed by atoms with van der Waals surface area (Å²) >= 11 is 0. The van der Waals surface area contributed by atoms with Crippen LogP contribution in [0.15, 0.2) is 23.4 Å². The van der Waals surface area contributed by atoms with Crippen LogP contribution in [0.3, 0.4) is 0 Å². The Hall–Kier alpha value is -1.70. The Morgan fingerprint density at radius 3 is 2.53 bits per heavy atom. The minimum Gasteiger partial charge on any atom is -0.409 e. The standard InChI is InChI=1S/C12H16FN3O3/c13-9-3-7(12(14)15-19)1-2-8(9)4-16-5-10(17)11(18)6-16/h1-3,10-11,17-19H,4-6H2,(H2,14,15). The number of hydrogen-bond acceptors (Lipinski definition) is 5. The van der Waals surface area contributed by atoms with Crippen molar-refractivity contribution in [2.45, 2.75) is 18.8 Å². The van der Waals surface area contributed by atoms with E-state index in [1.807, 2.05) is 0 Å². The monoisotopic (exact) mass is 269 g/mol. The number of aliphatic hydroxyl groups excluding tert-OH is 2. The average Bonchev–Trinajstić information content (AvgIpc) is 2.70. The smallest absolute Gasteiger partial charge is 0.170 e. The van der Waals surface area contributed by atoms with Gasteiger partial charge in [-0.2, -0.15) is 0 Å². The van der Waals surface area contributed by atoms with Gasteiger partial charge in [0.25, 0.3) is 0 Å². The molecule has 1 aliphatic heterocycles. The van der Waals surface area contributed by atoms with Gasteiger partial charge in [0.15, 0.2) is 5.84 Å². The number of β-amino-alcohol motifs (C(OH)–C–C–N with tert-alkyl or cyclic N) is 2. The van der Waals surface area contributed by atoms with E-state index in [1.165, 1.54) is 6.07 Å². The maximum Gasteiger partial charge on any atom is 0.170 e. The number of nitrogens with two attached hydrogens (primary N) is 1. The van der Waals surface area contributed by atoms with E-state index in [0.717, 1.165) is 0 Å². The van der Waals surface area contributed by atoms with Crippen molar-refractivity contribution in [2.75, 3.05) is 13.1 Å². The highest BCUT2D eigenvalue weighted by Crippen LogP contribution is 2.17. The van der Waals surface area contributed by atoms with Gasteiger partial charge >= 0.3 is 0 Å². The van der Waals surface area contributed by atoms with Crippen LogP contribution in [0.1, 0.15) is 11.1 Å². The molecule has 1 heterocycles. The number of likely N-dealkylation sites (tertiary alicyclic amines) is 1. The van der Waals surface area contributed by atoms with E-state index in [9.17, 15) is 14.6 Å². The lowest BCUT2D eigenvalue weighted by Gasteiger charge is -2.15. The van der Waals surface area contributed by atoms with Crippen molar-refractivity contribution in [3.05, 3.63) is 35.1 Å². The molecule has 0 amide bonds. The van der Waals surface area contributed by atoms with Crippen molar-refractivity contribution in [2.24, 2.45) is 10.9 Å². The summed E-state index contributed by atoms with van der Waals surface area (Å²) in [6.07, 6.45) is -1.58. The Bertz CT molecular complexity index is 485. The zero-order valence-electron chi connectivity index (χ0n) is 10.2. The third-order valence-corrected chi connectivity index (χ3v) is 3.19. The van der Waals surface area contributed by atoms with Crippen LogP contribution in [0.2, 0.25) is 0 Å². The van der Waals surface area contributed by atoms with Gasteiger partial charge in [-0.1, -0.05) is 17.3 Å². The molecule has 2 rings (SSSR count). The summed E-state index contributed by atoms with van der Waals surface area (Å²) in [4.78, 5) is 1.76. The summed E-state index contributed by atoms with van der Waals surface area (Å²) in [6.45, 7) is 0.904. The molecule has 1 aromatic rings. The molecule has 0 spiro atoms. The van der Waals surface area contributed by atoms with Crippen molar-refractivity contribution < 1.29 is 19.8 Å². The molecule has 2 atom stereocenters. The molecular formula is C12H16FN3O3. The molecule has 104 valence electrons. The van der Waals surface area contributed by atoms with Crippen molar-refractivity contribution in [1.82, 2.24) is 4.90 Å². The van der Waals surface area contributed by atoms with Gasteiger partial charge in [0, 0.05) is 30.8 Å². The summed E-state index contributed by atoms with van der Waals surface area (Å²) in [5, 5.41) is 30.2. The van der Waals surface area contributed by atoms with Crippen LogP contribution >= 0.6 is 0 Å². The fourth-order valence-corrected chi connectivity index (χ4v) is 2.11. The number of oxime groups is 1. The second-order valence-electron chi connectivity index (χ2n) is 4.62. The highest BCUT2D eigenvalue weighted by atomic mass is 19.1. The first-order valence-corrected chi connectivity index (χ1v) is 5.86. The van der Waals surface area contributed by atoms with E-state index in [0.29, 0.717) is 24.2 Å². The van der Waals surface area contributed by atoms with Gasteiger partial charge in [0.1, 0.15) is 5.82 Å². The van der Waals surface area contributed by atoms with Gasteiger partial charge in [-0.25, -0.2) is 4.39 Å².